The second kappa shape index (κ2) is 10.7. The van der Waals surface area contributed by atoms with Gasteiger partial charge in [-0.3, -0.25) is 9.89 Å². The molecule has 2 N–H and O–H groups in total. The van der Waals surface area contributed by atoms with E-state index in [0.29, 0.717) is 5.92 Å². The maximum Gasteiger partial charge on any atom is 0.191 e. The minimum absolute atomic E-state index is 0.272. The van der Waals surface area contributed by atoms with Crippen LogP contribution in [0.2, 0.25) is 0 Å². The molecule has 2 aliphatic heterocycles. The van der Waals surface area contributed by atoms with Gasteiger partial charge in [-0.05, 0) is 76.8 Å². The fraction of sp³-hybridized carbons (Fsp3) is 0.762. The summed E-state index contributed by atoms with van der Waals surface area (Å²) in [6.45, 7) is 13.0. The standard InChI is InChI=1S/C21H37N5O/c1-3-22-21(23-15-18(2)17-25-10-4-5-11-25)24-16-19(20-9-8-14-27-20)26-12-6-7-13-26/h8-9,14,18-19H,3-7,10-13,15-17H2,1-2H3,(H2,22,23,24). The minimum Gasteiger partial charge on any atom is -0.468 e. The minimum atomic E-state index is 0.272. The van der Waals surface area contributed by atoms with Gasteiger partial charge in [0.05, 0.1) is 12.3 Å². The van der Waals surface area contributed by atoms with E-state index in [1.54, 1.807) is 6.26 Å². The zero-order valence-electron chi connectivity index (χ0n) is 17.1. The molecule has 0 radical (unpaired) electrons. The van der Waals surface area contributed by atoms with E-state index in [1.807, 2.05) is 6.07 Å². The molecule has 2 atom stereocenters. The van der Waals surface area contributed by atoms with Crippen molar-refractivity contribution in [1.82, 2.24) is 20.4 Å². The van der Waals surface area contributed by atoms with E-state index in [9.17, 15) is 0 Å². The number of aliphatic imine (C=N–C) groups is 1. The molecule has 152 valence electrons. The van der Waals surface area contributed by atoms with Crippen LogP contribution in [0.5, 0.6) is 0 Å². The van der Waals surface area contributed by atoms with Gasteiger partial charge in [-0.1, -0.05) is 6.92 Å². The van der Waals surface area contributed by atoms with E-state index in [0.717, 1.165) is 51.0 Å². The molecule has 2 fully saturated rings. The first kappa shape index (κ1) is 20.2. The van der Waals surface area contributed by atoms with Crippen molar-refractivity contribution >= 4 is 5.96 Å². The Balaban J connectivity index is 1.53. The lowest BCUT2D eigenvalue weighted by Gasteiger charge is -2.27. The summed E-state index contributed by atoms with van der Waals surface area (Å²) in [5.41, 5.74) is 0. The van der Waals surface area contributed by atoms with Crippen molar-refractivity contribution in [2.45, 2.75) is 45.6 Å². The Kier molecular flexibility index (Phi) is 8.02. The largest absolute Gasteiger partial charge is 0.468 e. The third-order valence-electron chi connectivity index (χ3n) is 5.59. The molecule has 1 aromatic heterocycles. The van der Waals surface area contributed by atoms with Crippen LogP contribution in [-0.2, 0) is 0 Å². The molecule has 0 saturated carbocycles. The lowest BCUT2D eigenvalue weighted by Crippen LogP contribution is -2.43. The van der Waals surface area contributed by atoms with E-state index in [2.05, 4.69) is 40.3 Å². The molecule has 2 saturated heterocycles. The summed E-state index contributed by atoms with van der Waals surface area (Å²) in [4.78, 5) is 9.94. The lowest BCUT2D eigenvalue weighted by atomic mass is 10.2. The lowest BCUT2D eigenvalue weighted by molar-refractivity contribution is 0.215. The van der Waals surface area contributed by atoms with Gasteiger partial charge in [-0.15, -0.1) is 0 Å². The first-order valence-corrected chi connectivity index (χ1v) is 10.8. The molecular weight excluding hydrogens is 338 g/mol. The molecule has 1 aromatic rings. The van der Waals surface area contributed by atoms with Gasteiger partial charge in [0, 0.05) is 26.2 Å². The Labute approximate surface area is 164 Å². The third kappa shape index (κ3) is 6.25. The van der Waals surface area contributed by atoms with Crippen LogP contribution in [0.25, 0.3) is 0 Å². The summed E-state index contributed by atoms with van der Waals surface area (Å²) < 4.78 is 5.73. The molecule has 2 aliphatic rings. The number of rotatable bonds is 9. The van der Waals surface area contributed by atoms with Crippen molar-refractivity contribution in [2.75, 3.05) is 52.4 Å². The number of hydrogen-bond acceptors (Lipinski definition) is 4. The summed E-state index contributed by atoms with van der Waals surface area (Å²) >= 11 is 0. The maximum absolute atomic E-state index is 5.73. The summed E-state index contributed by atoms with van der Waals surface area (Å²) in [6, 6.07) is 4.35. The second-order valence-corrected chi connectivity index (χ2v) is 7.99. The van der Waals surface area contributed by atoms with Crippen molar-refractivity contribution in [3.05, 3.63) is 24.2 Å². The highest BCUT2D eigenvalue weighted by Crippen LogP contribution is 2.24. The van der Waals surface area contributed by atoms with Crippen molar-refractivity contribution in [3.63, 3.8) is 0 Å². The van der Waals surface area contributed by atoms with E-state index in [-0.39, 0.29) is 6.04 Å². The molecule has 27 heavy (non-hydrogen) atoms. The number of nitrogens with zero attached hydrogens (tertiary/aromatic N) is 3. The summed E-state index contributed by atoms with van der Waals surface area (Å²) in [5, 5.41) is 6.96. The van der Waals surface area contributed by atoms with Gasteiger partial charge in [-0.25, -0.2) is 0 Å². The van der Waals surface area contributed by atoms with Gasteiger partial charge < -0.3 is 20.0 Å². The smallest absolute Gasteiger partial charge is 0.191 e. The Morgan fingerprint density at radius 3 is 2.56 bits per heavy atom. The summed E-state index contributed by atoms with van der Waals surface area (Å²) in [6.07, 6.45) is 7.03. The SMILES string of the molecule is CCNC(=NCC(C)CN1CCCC1)NCC(c1ccco1)N1CCCC1. The summed E-state index contributed by atoms with van der Waals surface area (Å²) in [7, 11) is 0. The first-order chi connectivity index (χ1) is 13.3. The van der Waals surface area contributed by atoms with Crippen LogP contribution in [0.1, 0.15) is 51.3 Å². The molecule has 0 aliphatic carbocycles. The molecule has 0 spiro atoms. The van der Waals surface area contributed by atoms with Crippen LogP contribution in [0.4, 0.5) is 0 Å². The third-order valence-corrected chi connectivity index (χ3v) is 5.59. The van der Waals surface area contributed by atoms with Crippen LogP contribution in [0.3, 0.4) is 0 Å². The summed E-state index contributed by atoms with van der Waals surface area (Å²) in [5.74, 6) is 2.54. The van der Waals surface area contributed by atoms with Crippen molar-refractivity contribution in [2.24, 2.45) is 10.9 Å². The fourth-order valence-corrected chi connectivity index (χ4v) is 4.19. The maximum atomic E-state index is 5.73. The predicted octanol–water partition coefficient (Wildman–Crippen LogP) is 2.70. The van der Waals surface area contributed by atoms with Crippen molar-refractivity contribution in [1.29, 1.82) is 0 Å². The Morgan fingerprint density at radius 1 is 1.15 bits per heavy atom. The van der Waals surface area contributed by atoms with Crippen LogP contribution in [0.15, 0.2) is 27.8 Å². The van der Waals surface area contributed by atoms with E-state index >= 15 is 0 Å². The number of hydrogen-bond donors (Lipinski definition) is 2. The fourth-order valence-electron chi connectivity index (χ4n) is 4.19. The average Bonchev–Trinajstić information content (AvgIpc) is 3.42. The zero-order chi connectivity index (χ0) is 18.9. The number of likely N-dealkylation sites (tertiary alicyclic amines) is 2. The van der Waals surface area contributed by atoms with Gasteiger partial charge in [0.1, 0.15) is 5.76 Å². The van der Waals surface area contributed by atoms with Crippen LogP contribution in [0, 0.1) is 5.92 Å². The van der Waals surface area contributed by atoms with Crippen molar-refractivity contribution in [3.8, 4) is 0 Å². The molecular formula is C21H37N5O. The van der Waals surface area contributed by atoms with Crippen LogP contribution >= 0.6 is 0 Å². The molecule has 0 aromatic carbocycles. The molecule has 6 nitrogen and oxygen atoms in total. The van der Waals surface area contributed by atoms with Gasteiger partial charge in [0.25, 0.3) is 0 Å². The molecule has 6 heteroatoms. The van der Waals surface area contributed by atoms with Gasteiger partial charge in [0.15, 0.2) is 5.96 Å². The monoisotopic (exact) mass is 375 g/mol. The van der Waals surface area contributed by atoms with Gasteiger partial charge in [0.2, 0.25) is 0 Å². The van der Waals surface area contributed by atoms with Gasteiger partial charge >= 0.3 is 0 Å². The number of guanidine groups is 1. The Bertz CT molecular complexity index is 547. The number of nitrogens with one attached hydrogen (secondary N) is 2. The van der Waals surface area contributed by atoms with E-state index in [1.165, 1.54) is 38.8 Å². The average molecular weight is 376 g/mol. The van der Waals surface area contributed by atoms with Crippen LogP contribution in [-0.4, -0.2) is 68.1 Å². The van der Waals surface area contributed by atoms with E-state index < -0.39 is 0 Å². The van der Waals surface area contributed by atoms with Crippen LogP contribution < -0.4 is 10.6 Å². The number of furan rings is 1. The van der Waals surface area contributed by atoms with Gasteiger partial charge in [-0.2, -0.15) is 0 Å². The highest BCUT2D eigenvalue weighted by Gasteiger charge is 2.25. The molecule has 3 heterocycles. The first-order valence-electron chi connectivity index (χ1n) is 10.8. The normalized spacial score (nSPS) is 21.5. The Hall–Kier alpha value is -1.53. The topological polar surface area (TPSA) is 56.0 Å². The highest BCUT2D eigenvalue weighted by molar-refractivity contribution is 5.79. The second-order valence-electron chi connectivity index (χ2n) is 7.99. The predicted molar refractivity (Wildman–Crippen MR) is 111 cm³/mol. The molecule has 3 rings (SSSR count). The van der Waals surface area contributed by atoms with Crippen molar-refractivity contribution < 1.29 is 4.42 Å². The zero-order valence-corrected chi connectivity index (χ0v) is 17.1. The molecule has 2 unspecified atom stereocenters. The highest BCUT2D eigenvalue weighted by atomic mass is 16.3. The van der Waals surface area contributed by atoms with E-state index in [4.69, 9.17) is 9.41 Å². The molecule has 0 bridgehead atoms. The molecule has 0 amide bonds. The quantitative estimate of drug-likeness (QED) is 0.513. The Morgan fingerprint density at radius 2 is 1.89 bits per heavy atom.